The number of anilines is 1. The summed E-state index contributed by atoms with van der Waals surface area (Å²) in [5.41, 5.74) is 2.03. The van der Waals surface area contributed by atoms with Crippen molar-refractivity contribution >= 4 is 57.9 Å². The Kier molecular flexibility index (Phi) is 7.38. The number of hydrogen-bond acceptors (Lipinski definition) is 4. The Morgan fingerprint density at radius 1 is 1.06 bits per heavy atom. The first-order valence-corrected chi connectivity index (χ1v) is 11.8. The molecule has 6 nitrogen and oxygen atoms in total. The normalized spacial score (nSPS) is 14.5. The molecule has 4 rings (SSSR count). The van der Waals surface area contributed by atoms with E-state index in [9.17, 15) is 14.0 Å². The number of imide groups is 1. The van der Waals surface area contributed by atoms with E-state index in [2.05, 4.69) is 27.9 Å². The number of urea groups is 1. The third-order valence-electron chi connectivity index (χ3n) is 4.90. The molecule has 0 spiro atoms. The van der Waals surface area contributed by atoms with Gasteiger partial charge in [-0.25, -0.2) is 14.1 Å². The Labute approximate surface area is 214 Å². The molecule has 0 radical (unpaired) electrons. The summed E-state index contributed by atoms with van der Waals surface area (Å²) in [7, 11) is 0. The number of benzene rings is 3. The molecule has 0 unspecified atom stereocenters. The molecule has 1 saturated heterocycles. The molecule has 3 aromatic carbocycles. The summed E-state index contributed by atoms with van der Waals surface area (Å²) in [6.07, 6.45) is 1.59. The van der Waals surface area contributed by atoms with E-state index < -0.39 is 11.9 Å². The van der Waals surface area contributed by atoms with E-state index in [0.717, 1.165) is 14.0 Å². The number of carbonyl (C=O) groups excluding carboxylic acids is 2. The Balaban J connectivity index is 1.59. The molecule has 0 saturated carbocycles. The van der Waals surface area contributed by atoms with Crippen molar-refractivity contribution in [1.82, 2.24) is 5.32 Å². The number of nitrogens with one attached hydrogen (secondary N) is 1. The van der Waals surface area contributed by atoms with Gasteiger partial charge in [-0.1, -0.05) is 23.7 Å². The molecule has 0 aromatic heterocycles. The van der Waals surface area contributed by atoms with Crippen LogP contribution in [0.3, 0.4) is 0 Å². The fourth-order valence-electron chi connectivity index (χ4n) is 3.34. The van der Waals surface area contributed by atoms with Gasteiger partial charge in [-0.15, -0.1) is 0 Å². The van der Waals surface area contributed by atoms with Gasteiger partial charge in [0.1, 0.15) is 18.1 Å². The van der Waals surface area contributed by atoms with E-state index in [0.29, 0.717) is 34.4 Å². The molecule has 0 bridgehead atoms. The maximum absolute atomic E-state index is 13.2. The molecule has 1 heterocycles. The standard InChI is InChI=1S/C25H19ClFIN2O4/c1-2-33-22-13-16(11-20(28)23(22)34-14-15-3-7-18(27)8-4-15)12-21-24(31)30(25(32)29-21)19-9-5-17(26)6-10-19/h3-13H,2,14H2,1H3,(H,29,32)/b21-12+. The summed E-state index contributed by atoms with van der Waals surface area (Å²) in [5, 5.41) is 3.12. The topological polar surface area (TPSA) is 67.9 Å². The summed E-state index contributed by atoms with van der Waals surface area (Å²) in [5.74, 6) is 0.249. The van der Waals surface area contributed by atoms with Gasteiger partial charge in [0.05, 0.1) is 15.9 Å². The number of rotatable bonds is 7. The first-order valence-electron chi connectivity index (χ1n) is 10.3. The monoisotopic (exact) mass is 592 g/mol. The summed E-state index contributed by atoms with van der Waals surface area (Å²) in [6, 6.07) is 15.5. The lowest BCUT2D eigenvalue weighted by Gasteiger charge is -2.15. The molecular weight excluding hydrogens is 574 g/mol. The molecule has 1 aliphatic heterocycles. The van der Waals surface area contributed by atoms with Crippen LogP contribution >= 0.6 is 34.2 Å². The van der Waals surface area contributed by atoms with Crippen LogP contribution in [0.4, 0.5) is 14.9 Å². The number of hydrogen-bond donors (Lipinski definition) is 1. The van der Waals surface area contributed by atoms with Gasteiger partial charge in [-0.05, 0) is 95.2 Å². The fraction of sp³-hybridized carbons (Fsp3) is 0.120. The van der Waals surface area contributed by atoms with Gasteiger partial charge in [0, 0.05) is 5.02 Å². The van der Waals surface area contributed by atoms with E-state index in [1.807, 2.05) is 13.0 Å². The molecule has 0 atom stereocenters. The highest BCUT2D eigenvalue weighted by molar-refractivity contribution is 14.1. The number of amides is 3. The Morgan fingerprint density at radius 2 is 1.76 bits per heavy atom. The van der Waals surface area contributed by atoms with Crippen molar-refractivity contribution in [3.8, 4) is 11.5 Å². The first kappa shape index (κ1) is 24.0. The van der Waals surface area contributed by atoms with Crippen LogP contribution in [0.1, 0.15) is 18.1 Å². The molecule has 3 amide bonds. The molecule has 1 N–H and O–H groups in total. The fourth-order valence-corrected chi connectivity index (χ4v) is 4.24. The van der Waals surface area contributed by atoms with Crippen LogP contribution in [-0.4, -0.2) is 18.5 Å². The van der Waals surface area contributed by atoms with E-state index in [1.165, 1.54) is 12.1 Å². The minimum Gasteiger partial charge on any atom is -0.490 e. The van der Waals surface area contributed by atoms with E-state index >= 15 is 0 Å². The van der Waals surface area contributed by atoms with E-state index in [1.54, 1.807) is 48.5 Å². The molecule has 0 aliphatic carbocycles. The van der Waals surface area contributed by atoms with Gasteiger partial charge in [-0.3, -0.25) is 4.79 Å². The number of ether oxygens (including phenoxy) is 2. The summed E-state index contributed by atoms with van der Waals surface area (Å²) in [4.78, 5) is 26.4. The highest BCUT2D eigenvalue weighted by Gasteiger charge is 2.34. The van der Waals surface area contributed by atoms with Crippen molar-refractivity contribution in [1.29, 1.82) is 0 Å². The lowest BCUT2D eigenvalue weighted by molar-refractivity contribution is -0.113. The second-order valence-electron chi connectivity index (χ2n) is 7.28. The second kappa shape index (κ2) is 10.4. The summed E-state index contributed by atoms with van der Waals surface area (Å²) in [6.45, 7) is 2.50. The average molecular weight is 593 g/mol. The Bertz CT molecular complexity index is 1260. The van der Waals surface area contributed by atoms with Gasteiger partial charge in [-0.2, -0.15) is 0 Å². The van der Waals surface area contributed by atoms with E-state index in [4.69, 9.17) is 21.1 Å². The quantitative estimate of drug-likeness (QED) is 0.203. The minimum absolute atomic E-state index is 0.137. The molecule has 9 heteroatoms. The molecular formula is C25H19ClFIN2O4. The molecule has 174 valence electrons. The zero-order chi connectivity index (χ0) is 24.2. The number of carbonyl (C=O) groups is 2. The predicted octanol–water partition coefficient (Wildman–Crippen LogP) is 6.16. The summed E-state index contributed by atoms with van der Waals surface area (Å²) < 4.78 is 25.6. The first-order chi connectivity index (χ1) is 16.4. The lowest BCUT2D eigenvalue weighted by atomic mass is 10.1. The lowest BCUT2D eigenvalue weighted by Crippen LogP contribution is -2.30. The van der Waals surface area contributed by atoms with Crippen LogP contribution in [-0.2, 0) is 11.4 Å². The Morgan fingerprint density at radius 3 is 2.44 bits per heavy atom. The molecule has 3 aromatic rings. The molecule has 1 fully saturated rings. The van der Waals surface area contributed by atoms with Gasteiger partial charge in [0.2, 0.25) is 0 Å². The third kappa shape index (κ3) is 5.34. The SMILES string of the molecule is CCOc1cc(/C=C2/NC(=O)N(c3ccc(Cl)cc3)C2=O)cc(I)c1OCc1ccc(F)cc1. The second-order valence-corrected chi connectivity index (χ2v) is 8.88. The van der Waals surface area contributed by atoms with Crippen molar-refractivity contribution in [3.63, 3.8) is 0 Å². The maximum atomic E-state index is 13.2. The van der Waals surface area contributed by atoms with Crippen molar-refractivity contribution in [2.45, 2.75) is 13.5 Å². The Hall–Kier alpha value is -3.11. The zero-order valence-electron chi connectivity index (χ0n) is 18.0. The van der Waals surface area contributed by atoms with Crippen molar-refractivity contribution in [2.75, 3.05) is 11.5 Å². The predicted molar refractivity (Wildman–Crippen MR) is 137 cm³/mol. The maximum Gasteiger partial charge on any atom is 0.333 e. The van der Waals surface area contributed by atoms with Gasteiger partial charge in [0.15, 0.2) is 11.5 Å². The highest BCUT2D eigenvalue weighted by Crippen LogP contribution is 2.36. The number of nitrogens with zero attached hydrogens (tertiary/aromatic N) is 1. The van der Waals surface area contributed by atoms with Crippen LogP contribution in [0.2, 0.25) is 5.02 Å². The van der Waals surface area contributed by atoms with Crippen LogP contribution < -0.4 is 19.7 Å². The van der Waals surface area contributed by atoms with Gasteiger partial charge in [0.25, 0.3) is 5.91 Å². The van der Waals surface area contributed by atoms with Crippen LogP contribution in [0.25, 0.3) is 6.08 Å². The van der Waals surface area contributed by atoms with Crippen LogP contribution in [0.5, 0.6) is 11.5 Å². The van der Waals surface area contributed by atoms with Crippen LogP contribution in [0, 0.1) is 9.39 Å². The third-order valence-corrected chi connectivity index (χ3v) is 5.96. The molecule has 34 heavy (non-hydrogen) atoms. The van der Waals surface area contributed by atoms with Crippen LogP contribution in [0.15, 0.2) is 66.4 Å². The highest BCUT2D eigenvalue weighted by atomic mass is 127. The number of halogens is 3. The minimum atomic E-state index is -0.544. The van der Waals surface area contributed by atoms with E-state index in [-0.39, 0.29) is 18.1 Å². The van der Waals surface area contributed by atoms with Gasteiger partial charge < -0.3 is 14.8 Å². The van der Waals surface area contributed by atoms with Crippen molar-refractivity contribution in [2.24, 2.45) is 0 Å². The molecule has 1 aliphatic rings. The average Bonchev–Trinajstić information content (AvgIpc) is 3.08. The summed E-state index contributed by atoms with van der Waals surface area (Å²) >= 11 is 8.03. The van der Waals surface area contributed by atoms with Crippen molar-refractivity contribution < 1.29 is 23.5 Å². The smallest absolute Gasteiger partial charge is 0.333 e. The largest absolute Gasteiger partial charge is 0.490 e. The van der Waals surface area contributed by atoms with Gasteiger partial charge >= 0.3 is 6.03 Å². The van der Waals surface area contributed by atoms with Crippen molar-refractivity contribution in [3.05, 3.63) is 91.9 Å². The zero-order valence-corrected chi connectivity index (χ0v) is 20.9.